The Morgan fingerprint density at radius 1 is 1.15 bits per heavy atom. The van der Waals surface area contributed by atoms with Gasteiger partial charge in [-0.25, -0.2) is 18.9 Å². The second kappa shape index (κ2) is 8.49. The molecule has 0 aliphatic carbocycles. The number of amides is 1. The third-order valence-corrected chi connectivity index (χ3v) is 7.14. The molecule has 1 amide bonds. The number of halogens is 1. The van der Waals surface area contributed by atoms with E-state index in [9.17, 15) is 9.18 Å². The van der Waals surface area contributed by atoms with Crippen molar-refractivity contribution in [3.05, 3.63) is 88.9 Å². The fourth-order valence-corrected chi connectivity index (χ4v) is 5.42. The van der Waals surface area contributed by atoms with Crippen LogP contribution in [0.5, 0.6) is 0 Å². The van der Waals surface area contributed by atoms with Crippen LogP contribution >= 0.6 is 11.3 Å². The van der Waals surface area contributed by atoms with Crippen LogP contribution in [0.15, 0.2) is 66.9 Å². The number of imidazole rings is 1. The molecule has 7 nitrogen and oxygen atoms in total. The monoisotopic (exact) mass is 472 g/mol. The van der Waals surface area contributed by atoms with Crippen molar-refractivity contribution in [3.63, 3.8) is 0 Å². The lowest BCUT2D eigenvalue weighted by atomic mass is 10.0. The second-order valence-electron chi connectivity index (χ2n) is 8.27. The van der Waals surface area contributed by atoms with Gasteiger partial charge in [0.05, 0.1) is 29.0 Å². The van der Waals surface area contributed by atoms with E-state index in [4.69, 9.17) is 5.10 Å². The summed E-state index contributed by atoms with van der Waals surface area (Å²) in [5.74, 6) is 0.228. The van der Waals surface area contributed by atoms with E-state index >= 15 is 0 Å². The molecule has 9 heteroatoms. The number of aromatic nitrogens is 4. The number of nitrogens with zero attached hydrogens (tertiary/aromatic N) is 5. The lowest BCUT2D eigenvalue weighted by Crippen LogP contribution is -2.26. The molecule has 0 spiro atoms. The third-order valence-electron chi connectivity index (χ3n) is 6.10. The van der Waals surface area contributed by atoms with Gasteiger partial charge in [0.25, 0.3) is 5.91 Å². The molecule has 34 heavy (non-hydrogen) atoms. The zero-order valence-electron chi connectivity index (χ0n) is 18.2. The number of para-hydroxylation sites is 1. The van der Waals surface area contributed by atoms with Gasteiger partial charge < -0.3 is 10.2 Å². The van der Waals surface area contributed by atoms with Gasteiger partial charge in [0.2, 0.25) is 0 Å². The highest BCUT2D eigenvalue weighted by Gasteiger charge is 2.28. The number of nitrogens with one attached hydrogen (secondary N) is 1. The minimum atomic E-state index is -0.264. The van der Waals surface area contributed by atoms with E-state index in [2.05, 4.69) is 20.2 Å². The number of carbonyl (C=O) groups excluding carboxylic acids is 1. The quantitative estimate of drug-likeness (QED) is 0.400. The molecule has 1 fully saturated rings. The normalized spacial score (nSPS) is 15.9. The van der Waals surface area contributed by atoms with E-state index in [-0.39, 0.29) is 17.8 Å². The molecule has 4 heterocycles. The molecule has 2 aromatic carbocycles. The number of anilines is 1. The maximum absolute atomic E-state index is 13.8. The van der Waals surface area contributed by atoms with Gasteiger partial charge in [0, 0.05) is 6.54 Å². The van der Waals surface area contributed by atoms with Crippen LogP contribution in [0, 0.1) is 5.82 Å². The van der Waals surface area contributed by atoms with Crippen LogP contribution in [0.1, 0.15) is 39.9 Å². The van der Waals surface area contributed by atoms with Crippen molar-refractivity contribution >= 4 is 38.9 Å². The molecule has 0 bridgehead atoms. The highest BCUT2D eigenvalue weighted by atomic mass is 32.1. The van der Waals surface area contributed by atoms with Crippen molar-refractivity contribution in [3.8, 4) is 0 Å². The van der Waals surface area contributed by atoms with Gasteiger partial charge in [-0.2, -0.15) is 0 Å². The Kier molecular flexibility index (Phi) is 5.18. The lowest BCUT2D eigenvalue weighted by Gasteiger charge is -2.26. The number of benzene rings is 2. The Hall–Kier alpha value is -3.85. The van der Waals surface area contributed by atoms with Crippen molar-refractivity contribution in [2.75, 3.05) is 11.4 Å². The Morgan fingerprint density at radius 3 is 2.94 bits per heavy atom. The van der Waals surface area contributed by atoms with Gasteiger partial charge in [-0.05, 0) is 54.8 Å². The fourth-order valence-electron chi connectivity index (χ4n) is 4.51. The Morgan fingerprint density at radius 2 is 2.06 bits per heavy atom. The molecule has 170 valence electrons. The first kappa shape index (κ1) is 20.7. The molecule has 1 saturated heterocycles. The average Bonchev–Trinajstić information content (AvgIpc) is 3.59. The molecule has 1 aliphatic rings. The van der Waals surface area contributed by atoms with Crippen LogP contribution in [-0.4, -0.2) is 32.0 Å². The maximum atomic E-state index is 13.8. The number of fused-ring (bicyclic) bond motifs is 2. The molecule has 0 saturated carbocycles. The summed E-state index contributed by atoms with van der Waals surface area (Å²) in [6, 6.07) is 18.4. The van der Waals surface area contributed by atoms with Crippen LogP contribution in [0.25, 0.3) is 15.9 Å². The van der Waals surface area contributed by atoms with Crippen molar-refractivity contribution in [1.82, 2.24) is 24.9 Å². The van der Waals surface area contributed by atoms with Crippen molar-refractivity contribution in [2.24, 2.45) is 0 Å². The minimum absolute atomic E-state index is 0.0421. The highest BCUT2D eigenvalue weighted by Crippen LogP contribution is 2.35. The van der Waals surface area contributed by atoms with E-state index in [0.29, 0.717) is 17.9 Å². The molecule has 5 aromatic rings. The first-order chi connectivity index (χ1) is 16.7. The maximum Gasteiger partial charge on any atom is 0.271 e. The summed E-state index contributed by atoms with van der Waals surface area (Å²) in [6.45, 7) is 1.15. The van der Waals surface area contributed by atoms with E-state index in [1.54, 1.807) is 28.0 Å². The Balaban J connectivity index is 1.25. The van der Waals surface area contributed by atoms with E-state index in [1.165, 1.54) is 12.3 Å². The summed E-state index contributed by atoms with van der Waals surface area (Å²) in [5.41, 5.74) is 2.81. The summed E-state index contributed by atoms with van der Waals surface area (Å²) >= 11 is 1.56. The number of rotatable bonds is 5. The lowest BCUT2D eigenvalue weighted by molar-refractivity contribution is 0.0944. The van der Waals surface area contributed by atoms with Gasteiger partial charge in [0.1, 0.15) is 16.6 Å². The summed E-state index contributed by atoms with van der Waals surface area (Å²) in [7, 11) is 0. The van der Waals surface area contributed by atoms with E-state index < -0.39 is 0 Å². The van der Waals surface area contributed by atoms with Gasteiger partial charge in [-0.15, -0.1) is 16.4 Å². The Labute approximate surface area is 198 Å². The summed E-state index contributed by atoms with van der Waals surface area (Å²) in [6.07, 6.45) is 3.44. The predicted octanol–water partition coefficient (Wildman–Crippen LogP) is 4.75. The highest BCUT2D eigenvalue weighted by molar-refractivity contribution is 7.18. The van der Waals surface area contributed by atoms with Crippen molar-refractivity contribution in [1.29, 1.82) is 0 Å². The number of thiazole rings is 1. The third kappa shape index (κ3) is 3.77. The van der Waals surface area contributed by atoms with Gasteiger partial charge >= 0.3 is 0 Å². The van der Waals surface area contributed by atoms with Gasteiger partial charge in [-0.3, -0.25) is 4.79 Å². The molecule has 1 aliphatic heterocycles. The molecule has 1 atom stereocenters. The molecule has 6 rings (SSSR count). The van der Waals surface area contributed by atoms with Crippen molar-refractivity contribution in [2.45, 2.75) is 25.4 Å². The molecule has 0 radical (unpaired) electrons. The number of hydrogen-bond donors (Lipinski definition) is 1. The molecular weight excluding hydrogens is 451 g/mol. The largest absolute Gasteiger partial charge is 0.348 e. The molecular formula is C25H21FN6OS. The van der Waals surface area contributed by atoms with Gasteiger partial charge in [-0.1, -0.05) is 24.3 Å². The summed E-state index contributed by atoms with van der Waals surface area (Å²) in [4.78, 5) is 24.1. The predicted molar refractivity (Wildman–Crippen MR) is 129 cm³/mol. The first-order valence-electron chi connectivity index (χ1n) is 11.2. The smallest absolute Gasteiger partial charge is 0.271 e. The second-order valence-corrected chi connectivity index (χ2v) is 9.38. The van der Waals surface area contributed by atoms with Crippen molar-refractivity contribution < 1.29 is 9.18 Å². The molecule has 1 N–H and O–H groups in total. The Bertz CT molecular complexity index is 1480. The zero-order chi connectivity index (χ0) is 23.1. The number of carbonyl (C=O) groups is 1. The molecule has 3 aromatic heterocycles. The number of hydrogen-bond acceptors (Lipinski definition) is 6. The minimum Gasteiger partial charge on any atom is -0.348 e. The van der Waals surface area contributed by atoms with Gasteiger partial charge in [0.15, 0.2) is 11.3 Å². The van der Waals surface area contributed by atoms with E-state index in [0.717, 1.165) is 46.0 Å². The topological polar surface area (TPSA) is 75.4 Å². The summed E-state index contributed by atoms with van der Waals surface area (Å²) in [5, 5.41) is 8.52. The SMILES string of the molecule is O=C(NCc1nc2ccccc2s1)c1cnc2ccc(N3CCC[C@@H]3c3cccc(F)c3)nn12. The summed E-state index contributed by atoms with van der Waals surface area (Å²) < 4.78 is 16.5. The van der Waals surface area contributed by atoms with Crippen LogP contribution in [0.3, 0.4) is 0 Å². The standard InChI is InChI=1S/C25H21FN6OS/c26-17-6-3-5-16(13-17)19-8-4-12-31(19)23-11-10-22-27-14-20(32(22)30-23)25(33)28-15-24-29-18-7-1-2-9-21(18)34-24/h1-3,5-7,9-11,13-14,19H,4,8,12,15H2,(H,28,33)/t19-/m1/s1. The zero-order valence-corrected chi connectivity index (χ0v) is 19.0. The first-order valence-corrected chi connectivity index (χ1v) is 12.0. The van der Waals surface area contributed by atoms with Crippen LogP contribution in [0.4, 0.5) is 10.2 Å². The fraction of sp³-hybridized carbons (Fsp3) is 0.200. The van der Waals surface area contributed by atoms with E-state index in [1.807, 2.05) is 42.5 Å². The average molecular weight is 473 g/mol. The van der Waals surface area contributed by atoms with Crippen LogP contribution < -0.4 is 10.2 Å². The van der Waals surface area contributed by atoms with Crippen LogP contribution in [0.2, 0.25) is 0 Å². The molecule has 0 unspecified atom stereocenters. The van der Waals surface area contributed by atoms with Crippen LogP contribution in [-0.2, 0) is 6.54 Å².